The smallest absolute Gasteiger partial charge is 0.285 e. The fraction of sp³-hybridized carbons (Fsp3) is 0.333. The summed E-state index contributed by atoms with van der Waals surface area (Å²) < 4.78 is 16.1. The lowest BCUT2D eigenvalue weighted by Crippen LogP contribution is -2.24. The monoisotopic (exact) mass is 424 g/mol. The molecule has 1 aromatic carbocycles. The minimum absolute atomic E-state index is 0.303. The maximum absolute atomic E-state index is 12.6. The molecule has 154 valence electrons. The van der Waals surface area contributed by atoms with Crippen LogP contribution in [0.1, 0.15) is 32.6 Å². The number of hydrogen-bond donors (Lipinski definition) is 1. The minimum atomic E-state index is -0.303. The van der Waals surface area contributed by atoms with Gasteiger partial charge in [0, 0.05) is 22.6 Å². The molecule has 3 aromatic rings. The van der Waals surface area contributed by atoms with E-state index in [4.69, 9.17) is 14.2 Å². The molecule has 2 aliphatic rings. The third-order valence-electron chi connectivity index (χ3n) is 5.19. The zero-order valence-corrected chi connectivity index (χ0v) is 17.2. The van der Waals surface area contributed by atoms with Crippen LogP contribution in [0.2, 0.25) is 0 Å². The van der Waals surface area contributed by atoms with Crippen molar-refractivity contribution in [2.75, 3.05) is 38.9 Å². The van der Waals surface area contributed by atoms with E-state index in [2.05, 4.69) is 26.3 Å². The summed E-state index contributed by atoms with van der Waals surface area (Å²) in [6, 6.07) is 3.87. The van der Waals surface area contributed by atoms with E-state index < -0.39 is 0 Å². The van der Waals surface area contributed by atoms with E-state index in [0.717, 1.165) is 22.4 Å². The zero-order valence-electron chi connectivity index (χ0n) is 16.4. The largest absolute Gasteiger partial charge is 0.494 e. The van der Waals surface area contributed by atoms with Gasteiger partial charge in [-0.2, -0.15) is 0 Å². The number of fused-ring (bicyclic) bond motifs is 1. The third kappa shape index (κ3) is 3.55. The molecule has 1 amide bonds. The van der Waals surface area contributed by atoms with E-state index >= 15 is 0 Å². The number of ether oxygens (including phenoxy) is 3. The van der Waals surface area contributed by atoms with Crippen molar-refractivity contribution in [1.29, 1.82) is 0 Å². The Morgan fingerprint density at radius 3 is 2.83 bits per heavy atom. The molecule has 5 rings (SSSR count). The molecule has 0 saturated carbocycles. The number of thiazole rings is 1. The van der Waals surface area contributed by atoms with E-state index in [9.17, 15) is 4.79 Å². The molecule has 0 radical (unpaired) electrons. The molecule has 1 saturated heterocycles. The topological polar surface area (TPSA) is 95.5 Å². The molecule has 30 heavy (non-hydrogen) atoms. The molecule has 0 unspecified atom stereocenters. The maximum atomic E-state index is 12.6. The number of hydrogen-bond acceptors (Lipinski definition) is 8. The first kappa shape index (κ1) is 19.1. The summed E-state index contributed by atoms with van der Waals surface area (Å²) in [5.74, 6) is 0.994. The van der Waals surface area contributed by atoms with Crippen LogP contribution in [0, 0.1) is 0 Å². The number of carbonyl (C=O) groups excluding carboxylic acids is 1. The Morgan fingerprint density at radius 1 is 1.20 bits per heavy atom. The van der Waals surface area contributed by atoms with E-state index in [1.165, 1.54) is 16.9 Å². The highest BCUT2D eigenvalue weighted by Crippen LogP contribution is 2.33. The van der Waals surface area contributed by atoms with E-state index in [-0.39, 0.29) is 5.91 Å². The number of rotatable bonds is 5. The van der Waals surface area contributed by atoms with Gasteiger partial charge in [-0.1, -0.05) is 6.08 Å². The Bertz CT molecular complexity index is 1140. The van der Waals surface area contributed by atoms with Crippen LogP contribution in [0.4, 0.5) is 5.82 Å². The number of aromatic nitrogens is 3. The van der Waals surface area contributed by atoms with Gasteiger partial charge in [0.1, 0.15) is 16.8 Å². The molecule has 2 aliphatic heterocycles. The van der Waals surface area contributed by atoms with Crippen LogP contribution < -0.4 is 10.1 Å². The van der Waals surface area contributed by atoms with Crippen molar-refractivity contribution in [3.63, 3.8) is 0 Å². The Labute approximate surface area is 176 Å². The van der Waals surface area contributed by atoms with Crippen molar-refractivity contribution in [2.45, 2.75) is 12.3 Å². The SMILES string of the molecule is COc1ccc(C2=CCOCC2)c2ncc(NC(=O)c3ncc(C4COC4)s3)nc12. The molecule has 8 nitrogen and oxygen atoms in total. The van der Waals surface area contributed by atoms with E-state index in [1.807, 2.05) is 12.1 Å². The lowest BCUT2D eigenvalue weighted by molar-refractivity contribution is 0.00979. The van der Waals surface area contributed by atoms with Gasteiger partial charge < -0.3 is 19.5 Å². The molecular weight excluding hydrogens is 404 g/mol. The summed E-state index contributed by atoms with van der Waals surface area (Å²) in [5, 5.41) is 3.20. The molecule has 4 heterocycles. The van der Waals surface area contributed by atoms with Crippen LogP contribution in [0.25, 0.3) is 16.6 Å². The summed E-state index contributed by atoms with van der Waals surface area (Å²) in [6.45, 7) is 2.64. The zero-order chi connectivity index (χ0) is 20.5. The third-order valence-corrected chi connectivity index (χ3v) is 6.35. The van der Waals surface area contributed by atoms with Crippen LogP contribution in [0.5, 0.6) is 5.75 Å². The molecule has 1 fully saturated rings. The van der Waals surface area contributed by atoms with Gasteiger partial charge in [0.2, 0.25) is 0 Å². The van der Waals surface area contributed by atoms with E-state index in [0.29, 0.717) is 54.4 Å². The van der Waals surface area contributed by atoms with Gasteiger partial charge in [0.15, 0.2) is 10.8 Å². The number of amides is 1. The normalized spacial score (nSPS) is 16.8. The average Bonchev–Trinajstić information content (AvgIpc) is 3.22. The van der Waals surface area contributed by atoms with Crippen molar-refractivity contribution >= 4 is 39.7 Å². The Balaban J connectivity index is 1.44. The Hall–Kier alpha value is -2.88. The molecule has 2 aromatic heterocycles. The minimum Gasteiger partial charge on any atom is -0.494 e. The van der Waals surface area contributed by atoms with Crippen molar-refractivity contribution in [2.24, 2.45) is 0 Å². The fourth-order valence-corrected chi connectivity index (χ4v) is 4.36. The molecule has 0 spiro atoms. The first-order valence-corrected chi connectivity index (χ1v) is 10.5. The van der Waals surface area contributed by atoms with Crippen molar-refractivity contribution in [3.05, 3.63) is 46.1 Å². The number of benzene rings is 1. The molecular formula is C21H20N4O4S. The highest BCUT2D eigenvalue weighted by atomic mass is 32.1. The van der Waals surface area contributed by atoms with Gasteiger partial charge in [0.05, 0.1) is 39.7 Å². The first-order valence-electron chi connectivity index (χ1n) is 9.68. The van der Waals surface area contributed by atoms with Crippen LogP contribution >= 0.6 is 11.3 Å². The summed E-state index contributed by atoms with van der Waals surface area (Å²) in [5.41, 5.74) is 3.52. The fourth-order valence-electron chi connectivity index (χ4n) is 3.48. The number of anilines is 1. The van der Waals surface area contributed by atoms with Crippen molar-refractivity contribution < 1.29 is 19.0 Å². The quantitative estimate of drug-likeness (QED) is 0.672. The number of nitrogens with one attached hydrogen (secondary N) is 1. The van der Waals surface area contributed by atoms with Gasteiger partial charge in [-0.05, 0) is 24.1 Å². The molecule has 9 heteroatoms. The summed E-state index contributed by atoms with van der Waals surface area (Å²) >= 11 is 1.38. The first-order chi connectivity index (χ1) is 14.7. The van der Waals surface area contributed by atoms with Crippen LogP contribution in [0.15, 0.2) is 30.6 Å². The standard InChI is InChI=1S/C21H20N4O4S/c1-27-15-3-2-14(12-4-6-28-7-5-12)18-19(15)24-17(9-22-18)25-20(26)21-23-8-16(30-21)13-10-29-11-13/h2-4,8-9,13H,5-7,10-11H2,1H3,(H,24,25,26). The Kier molecular flexibility index (Phi) is 5.16. The lowest BCUT2D eigenvalue weighted by atomic mass is 9.99. The predicted octanol–water partition coefficient (Wildman–Crippen LogP) is 3.26. The summed E-state index contributed by atoms with van der Waals surface area (Å²) in [7, 11) is 1.59. The van der Waals surface area contributed by atoms with Gasteiger partial charge in [0.25, 0.3) is 5.91 Å². The van der Waals surface area contributed by atoms with Crippen LogP contribution in [-0.4, -0.2) is 54.4 Å². The van der Waals surface area contributed by atoms with Gasteiger partial charge in [-0.15, -0.1) is 11.3 Å². The van der Waals surface area contributed by atoms with Crippen LogP contribution in [0.3, 0.4) is 0 Å². The van der Waals surface area contributed by atoms with E-state index in [1.54, 1.807) is 19.5 Å². The number of methoxy groups -OCH3 is 1. The van der Waals surface area contributed by atoms with Crippen molar-refractivity contribution in [1.82, 2.24) is 15.0 Å². The van der Waals surface area contributed by atoms with Gasteiger partial charge in [-0.25, -0.2) is 15.0 Å². The molecule has 0 atom stereocenters. The van der Waals surface area contributed by atoms with Crippen LogP contribution in [-0.2, 0) is 9.47 Å². The second-order valence-corrected chi connectivity index (χ2v) is 8.14. The van der Waals surface area contributed by atoms with Gasteiger partial charge in [-0.3, -0.25) is 4.79 Å². The summed E-state index contributed by atoms with van der Waals surface area (Å²) in [6.07, 6.45) is 6.20. The average molecular weight is 424 g/mol. The highest BCUT2D eigenvalue weighted by Gasteiger charge is 2.24. The highest BCUT2D eigenvalue weighted by molar-refractivity contribution is 7.13. The predicted molar refractivity (Wildman–Crippen MR) is 113 cm³/mol. The molecule has 0 bridgehead atoms. The number of carbonyl (C=O) groups is 1. The molecule has 1 N–H and O–H groups in total. The molecule has 0 aliphatic carbocycles. The van der Waals surface area contributed by atoms with Crippen molar-refractivity contribution in [3.8, 4) is 5.75 Å². The second kappa shape index (κ2) is 8.10. The van der Waals surface area contributed by atoms with Gasteiger partial charge >= 0.3 is 0 Å². The Morgan fingerprint density at radius 2 is 2.10 bits per heavy atom. The maximum Gasteiger partial charge on any atom is 0.285 e. The summed E-state index contributed by atoms with van der Waals surface area (Å²) in [4.78, 5) is 27.2. The lowest BCUT2D eigenvalue weighted by Gasteiger charge is -2.23. The second-order valence-electron chi connectivity index (χ2n) is 7.08. The number of nitrogens with zero attached hydrogens (tertiary/aromatic N) is 3.